The number of hydrogen-bond acceptors (Lipinski definition) is 4. The molecular formula is C19H20N2O3. The number of benzene rings is 2. The SMILES string of the molecule is CCOC(=O)C(C(N)=NCc1ccccc1)=C(O)c1ccccc1. The lowest BCUT2D eigenvalue weighted by atomic mass is 10.1. The number of aliphatic hydroxyl groups excluding tert-OH is 1. The minimum atomic E-state index is -0.701. The number of rotatable bonds is 6. The van der Waals surface area contributed by atoms with Crippen LogP contribution in [-0.2, 0) is 16.1 Å². The molecule has 0 saturated heterocycles. The van der Waals surface area contributed by atoms with E-state index < -0.39 is 5.97 Å². The molecule has 3 N–H and O–H groups in total. The molecule has 0 bridgehead atoms. The molecular weight excluding hydrogens is 304 g/mol. The van der Waals surface area contributed by atoms with E-state index in [0.717, 1.165) is 5.56 Å². The van der Waals surface area contributed by atoms with Crippen LogP contribution >= 0.6 is 0 Å². The maximum atomic E-state index is 12.2. The van der Waals surface area contributed by atoms with Crippen LogP contribution in [0.3, 0.4) is 0 Å². The standard InChI is InChI=1S/C19H20N2O3/c1-2-24-19(23)16(17(22)15-11-7-4-8-12-15)18(20)21-13-14-9-5-3-6-10-14/h3-12,22H,2,13H2,1H3,(H2,20,21). The Kier molecular flexibility index (Phi) is 6.14. The minimum absolute atomic E-state index is 0.0568. The van der Waals surface area contributed by atoms with Crippen LogP contribution in [0.4, 0.5) is 0 Å². The van der Waals surface area contributed by atoms with Crippen LogP contribution in [-0.4, -0.2) is 23.5 Å². The van der Waals surface area contributed by atoms with Crippen molar-refractivity contribution in [2.75, 3.05) is 6.61 Å². The Balaban J connectivity index is 2.37. The van der Waals surface area contributed by atoms with Gasteiger partial charge in [-0.05, 0) is 12.5 Å². The molecule has 2 aromatic carbocycles. The molecule has 0 radical (unpaired) electrons. The summed E-state index contributed by atoms with van der Waals surface area (Å²) in [5.74, 6) is -1.00. The fourth-order valence-electron chi connectivity index (χ4n) is 2.11. The molecule has 0 amide bonds. The highest BCUT2D eigenvalue weighted by Gasteiger charge is 2.21. The number of carbonyl (C=O) groups excluding carboxylic acids is 1. The van der Waals surface area contributed by atoms with E-state index in [0.29, 0.717) is 12.1 Å². The predicted octanol–water partition coefficient (Wildman–Crippen LogP) is 3.08. The van der Waals surface area contributed by atoms with Crippen molar-refractivity contribution in [3.8, 4) is 0 Å². The van der Waals surface area contributed by atoms with Gasteiger partial charge in [0, 0.05) is 5.56 Å². The number of ether oxygens (including phenoxy) is 1. The highest BCUT2D eigenvalue weighted by Crippen LogP contribution is 2.17. The molecule has 0 spiro atoms. The first-order valence-corrected chi connectivity index (χ1v) is 7.63. The van der Waals surface area contributed by atoms with Crippen molar-refractivity contribution in [2.45, 2.75) is 13.5 Å². The Morgan fingerprint density at radius 1 is 1.08 bits per heavy atom. The normalized spacial score (nSPS) is 12.5. The van der Waals surface area contributed by atoms with Crippen LogP contribution in [0, 0.1) is 0 Å². The zero-order valence-corrected chi connectivity index (χ0v) is 13.5. The van der Waals surface area contributed by atoms with Gasteiger partial charge in [0.15, 0.2) is 0 Å². The maximum Gasteiger partial charge on any atom is 0.345 e. The Bertz CT molecular complexity index is 738. The summed E-state index contributed by atoms with van der Waals surface area (Å²) in [5, 5.41) is 10.5. The monoisotopic (exact) mass is 324 g/mol. The fourth-order valence-corrected chi connectivity index (χ4v) is 2.11. The van der Waals surface area contributed by atoms with E-state index in [2.05, 4.69) is 4.99 Å². The average molecular weight is 324 g/mol. The molecule has 0 unspecified atom stereocenters. The van der Waals surface area contributed by atoms with Crippen molar-refractivity contribution in [1.82, 2.24) is 0 Å². The molecule has 0 aliphatic carbocycles. The number of carbonyl (C=O) groups is 1. The zero-order chi connectivity index (χ0) is 17.4. The van der Waals surface area contributed by atoms with Gasteiger partial charge in [0.2, 0.25) is 0 Å². The summed E-state index contributed by atoms with van der Waals surface area (Å²) in [6.07, 6.45) is 0. The number of aliphatic hydroxyl groups is 1. The van der Waals surface area contributed by atoms with Crippen molar-refractivity contribution < 1.29 is 14.6 Å². The zero-order valence-electron chi connectivity index (χ0n) is 13.5. The molecule has 2 aromatic rings. The van der Waals surface area contributed by atoms with Gasteiger partial charge in [0.05, 0.1) is 13.2 Å². The van der Waals surface area contributed by atoms with E-state index in [1.807, 2.05) is 36.4 Å². The van der Waals surface area contributed by atoms with Crippen molar-refractivity contribution in [3.63, 3.8) is 0 Å². The number of amidine groups is 1. The highest BCUT2D eigenvalue weighted by molar-refractivity contribution is 6.22. The highest BCUT2D eigenvalue weighted by atomic mass is 16.5. The van der Waals surface area contributed by atoms with Crippen LogP contribution in [0.2, 0.25) is 0 Å². The second-order valence-electron chi connectivity index (χ2n) is 5.00. The first-order valence-electron chi connectivity index (χ1n) is 7.63. The van der Waals surface area contributed by atoms with Crippen LogP contribution in [0.5, 0.6) is 0 Å². The van der Waals surface area contributed by atoms with Gasteiger partial charge in [-0.1, -0.05) is 60.7 Å². The number of nitrogens with two attached hydrogens (primary N) is 1. The van der Waals surface area contributed by atoms with Gasteiger partial charge in [0.1, 0.15) is 17.2 Å². The van der Waals surface area contributed by atoms with E-state index in [1.54, 1.807) is 31.2 Å². The summed E-state index contributed by atoms with van der Waals surface area (Å²) < 4.78 is 5.00. The number of esters is 1. The summed E-state index contributed by atoms with van der Waals surface area (Å²) in [6, 6.07) is 18.2. The molecule has 0 aliphatic rings. The molecule has 0 saturated carbocycles. The smallest absolute Gasteiger partial charge is 0.345 e. The second-order valence-corrected chi connectivity index (χ2v) is 5.00. The van der Waals surface area contributed by atoms with Crippen LogP contribution in [0.25, 0.3) is 5.76 Å². The van der Waals surface area contributed by atoms with Crippen LogP contribution in [0.15, 0.2) is 71.2 Å². The third kappa shape index (κ3) is 4.46. The third-order valence-electron chi connectivity index (χ3n) is 3.29. The van der Waals surface area contributed by atoms with Crippen LogP contribution in [0.1, 0.15) is 18.1 Å². The first kappa shape index (κ1) is 17.3. The summed E-state index contributed by atoms with van der Waals surface area (Å²) in [4.78, 5) is 16.4. The summed E-state index contributed by atoms with van der Waals surface area (Å²) in [7, 11) is 0. The van der Waals surface area contributed by atoms with E-state index in [1.165, 1.54) is 0 Å². The van der Waals surface area contributed by atoms with Gasteiger partial charge in [-0.2, -0.15) is 0 Å². The molecule has 0 fully saturated rings. The molecule has 0 atom stereocenters. The van der Waals surface area contributed by atoms with E-state index in [-0.39, 0.29) is 23.8 Å². The molecule has 124 valence electrons. The van der Waals surface area contributed by atoms with E-state index >= 15 is 0 Å². The van der Waals surface area contributed by atoms with Crippen LogP contribution < -0.4 is 5.73 Å². The Hall–Kier alpha value is -3.08. The predicted molar refractivity (Wildman–Crippen MR) is 94.4 cm³/mol. The van der Waals surface area contributed by atoms with Gasteiger partial charge < -0.3 is 15.6 Å². The van der Waals surface area contributed by atoms with Crippen molar-refractivity contribution in [1.29, 1.82) is 0 Å². The maximum absolute atomic E-state index is 12.2. The van der Waals surface area contributed by atoms with Crippen molar-refractivity contribution in [3.05, 3.63) is 77.4 Å². The quantitative estimate of drug-likeness (QED) is 0.281. The summed E-state index contributed by atoms with van der Waals surface area (Å²) in [6.45, 7) is 2.17. The molecule has 0 aromatic heterocycles. The largest absolute Gasteiger partial charge is 0.506 e. The lowest BCUT2D eigenvalue weighted by Gasteiger charge is -2.10. The molecule has 5 nitrogen and oxygen atoms in total. The lowest BCUT2D eigenvalue weighted by molar-refractivity contribution is -0.137. The van der Waals surface area contributed by atoms with Gasteiger partial charge in [-0.25, -0.2) is 4.79 Å². The van der Waals surface area contributed by atoms with Gasteiger partial charge in [-0.15, -0.1) is 0 Å². The number of hydrogen-bond donors (Lipinski definition) is 2. The Morgan fingerprint density at radius 2 is 1.67 bits per heavy atom. The molecule has 5 heteroatoms. The number of nitrogens with zero attached hydrogens (tertiary/aromatic N) is 1. The molecule has 0 aliphatic heterocycles. The van der Waals surface area contributed by atoms with Gasteiger partial charge in [-0.3, -0.25) is 4.99 Å². The third-order valence-corrected chi connectivity index (χ3v) is 3.29. The molecule has 24 heavy (non-hydrogen) atoms. The van der Waals surface area contributed by atoms with E-state index in [9.17, 15) is 9.90 Å². The lowest BCUT2D eigenvalue weighted by Crippen LogP contribution is -2.25. The first-order chi connectivity index (χ1) is 11.6. The fraction of sp³-hybridized carbons (Fsp3) is 0.158. The Labute approximate surface area is 141 Å². The molecule has 2 rings (SSSR count). The average Bonchev–Trinajstić information content (AvgIpc) is 2.62. The van der Waals surface area contributed by atoms with Crippen molar-refractivity contribution >= 4 is 17.6 Å². The van der Waals surface area contributed by atoms with Crippen molar-refractivity contribution in [2.24, 2.45) is 10.7 Å². The van der Waals surface area contributed by atoms with Gasteiger partial charge >= 0.3 is 5.97 Å². The second kappa shape index (κ2) is 8.53. The summed E-state index contributed by atoms with van der Waals surface area (Å²) >= 11 is 0. The van der Waals surface area contributed by atoms with E-state index in [4.69, 9.17) is 10.5 Å². The number of aliphatic imine (C=N–C) groups is 1. The van der Waals surface area contributed by atoms with Gasteiger partial charge in [0.25, 0.3) is 0 Å². The Morgan fingerprint density at radius 3 is 2.25 bits per heavy atom. The summed E-state index contributed by atoms with van der Waals surface area (Å²) in [5.41, 5.74) is 7.26. The molecule has 0 heterocycles. The topological polar surface area (TPSA) is 84.9 Å². The minimum Gasteiger partial charge on any atom is -0.506 e.